The molecule has 132 valence electrons. The standard InChI is InChI=1S/C23H17NO3/c25-23(22-15-10-18-8-4-5-9-21(18)24-22)27-20-13-11-19(12-14-20)26-16-17-6-2-1-3-7-17/h1-15H,16H2. The lowest BCUT2D eigenvalue weighted by molar-refractivity contribution is 0.0729. The summed E-state index contributed by atoms with van der Waals surface area (Å²) in [6.07, 6.45) is 0. The van der Waals surface area contributed by atoms with Gasteiger partial charge in [0.25, 0.3) is 0 Å². The van der Waals surface area contributed by atoms with E-state index in [9.17, 15) is 4.79 Å². The van der Waals surface area contributed by atoms with E-state index < -0.39 is 5.97 Å². The SMILES string of the molecule is O=C(Oc1ccc(OCc2ccccc2)cc1)c1ccc2ccccc2n1. The van der Waals surface area contributed by atoms with Gasteiger partial charge in [-0.25, -0.2) is 9.78 Å². The van der Waals surface area contributed by atoms with Crippen LogP contribution in [0.3, 0.4) is 0 Å². The van der Waals surface area contributed by atoms with Crippen molar-refractivity contribution in [3.05, 3.63) is 102 Å². The number of esters is 1. The van der Waals surface area contributed by atoms with Crippen LogP contribution < -0.4 is 9.47 Å². The lowest BCUT2D eigenvalue weighted by Gasteiger charge is -2.08. The fourth-order valence-corrected chi connectivity index (χ4v) is 2.68. The van der Waals surface area contributed by atoms with Crippen molar-refractivity contribution in [1.29, 1.82) is 0 Å². The molecule has 0 atom stereocenters. The Morgan fingerprint density at radius 2 is 1.44 bits per heavy atom. The maximum Gasteiger partial charge on any atom is 0.362 e. The third-order valence-corrected chi connectivity index (χ3v) is 4.09. The molecule has 0 aliphatic carbocycles. The largest absolute Gasteiger partial charge is 0.489 e. The van der Waals surface area contributed by atoms with Crippen molar-refractivity contribution < 1.29 is 14.3 Å². The molecule has 4 heteroatoms. The number of fused-ring (bicyclic) bond motifs is 1. The summed E-state index contributed by atoms with van der Waals surface area (Å²) in [4.78, 5) is 16.7. The van der Waals surface area contributed by atoms with Crippen LogP contribution in [0.4, 0.5) is 0 Å². The number of hydrogen-bond donors (Lipinski definition) is 0. The van der Waals surface area contributed by atoms with E-state index in [1.807, 2.05) is 60.7 Å². The van der Waals surface area contributed by atoms with Gasteiger partial charge in [0.05, 0.1) is 5.52 Å². The molecule has 0 unspecified atom stereocenters. The Balaban J connectivity index is 1.40. The summed E-state index contributed by atoms with van der Waals surface area (Å²) in [5, 5.41) is 0.981. The summed E-state index contributed by atoms with van der Waals surface area (Å²) in [6.45, 7) is 0.487. The molecule has 0 spiro atoms. The predicted molar refractivity (Wildman–Crippen MR) is 104 cm³/mol. The number of aromatic nitrogens is 1. The van der Waals surface area contributed by atoms with Crippen molar-refractivity contribution in [2.45, 2.75) is 6.61 Å². The smallest absolute Gasteiger partial charge is 0.362 e. The molecule has 4 aromatic rings. The second kappa shape index (κ2) is 7.70. The summed E-state index contributed by atoms with van der Waals surface area (Å²) < 4.78 is 11.1. The van der Waals surface area contributed by atoms with E-state index in [-0.39, 0.29) is 5.69 Å². The second-order valence-electron chi connectivity index (χ2n) is 6.02. The zero-order valence-electron chi connectivity index (χ0n) is 14.5. The van der Waals surface area contributed by atoms with Gasteiger partial charge in [0.15, 0.2) is 0 Å². The highest BCUT2D eigenvalue weighted by Gasteiger charge is 2.11. The van der Waals surface area contributed by atoms with Gasteiger partial charge < -0.3 is 9.47 Å². The summed E-state index contributed by atoms with van der Waals surface area (Å²) in [5.74, 6) is 0.670. The molecule has 0 aliphatic rings. The van der Waals surface area contributed by atoms with Crippen LogP contribution in [0.1, 0.15) is 16.1 Å². The molecule has 0 saturated heterocycles. The van der Waals surface area contributed by atoms with Gasteiger partial charge >= 0.3 is 5.97 Å². The van der Waals surface area contributed by atoms with Gasteiger partial charge in [-0.2, -0.15) is 0 Å². The van der Waals surface area contributed by atoms with Crippen LogP contribution in [-0.4, -0.2) is 11.0 Å². The van der Waals surface area contributed by atoms with Crippen molar-refractivity contribution in [2.24, 2.45) is 0 Å². The van der Waals surface area contributed by atoms with Gasteiger partial charge in [0, 0.05) is 5.39 Å². The van der Waals surface area contributed by atoms with Crippen molar-refractivity contribution in [3.63, 3.8) is 0 Å². The summed E-state index contributed by atoms with van der Waals surface area (Å²) in [6, 6.07) is 28.1. The minimum Gasteiger partial charge on any atom is -0.489 e. The van der Waals surface area contributed by atoms with Crippen LogP contribution in [-0.2, 0) is 6.61 Å². The molecule has 0 bridgehead atoms. The van der Waals surface area contributed by atoms with E-state index in [1.54, 1.807) is 30.3 Å². The Kier molecular flexibility index (Phi) is 4.79. The van der Waals surface area contributed by atoms with E-state index in [0.717, 1.165) is 16.5 Å². The number of rotatable bonds is 5. The number of carbonyl (C=O) groups is 1. The fraction of sp³-hybridized carbons (Fsp3) is 0.0435. The monoisotopic (exact) mass is 355 g/mol. The first kappa shape index (κ1) is 16.8. The molecule has 0 aliphatic heterocycles. The van der Waals surface area contributed by atoms with Gasteiger partial charge in [-0.05, 0) is 42.0 Å². The highest BCUT2D eigenvalue weighted by molar-refractivity contribution is 5.92. The summed E-state index contributed by atoms with van der Waals surface area (Å²) >= 11 is 0. The topological polar surface area (TPSA) is 48.4 Å². The number of hydrogen-bond acceptors (Lipinski definition) is 4. The van der Waals surface area contributed by atoms with Crippen LogP contribution in [0.5, 0.6) is 11.5 Å². The van der Waals surface area contributed by atoms with Crippen LogP contribution in [0.15, 0.2) is 91.0 Å². The van der Waals surface area contributed by atoms with Gasteiger partial charge in [0.2, 0.25) is 0 Å². The van der Waals surface area contributed by atoms with E-state index in [1.165, 1.54) is 0 Å². The number of benzene rings is 3. The van der Waals surface area contributed by atoms with E-state index >= 15 is 0 Å². The molecule has 0 amide bonds. The van der Waals surface area contributed by atoms with E-state index in [4.69, 9.17) is 9.47 Å². The Morgan fingerprint density at radius 1 is 0.741 bits per heavy atom. The van der Waals surface area contributed by atoms with Crippen molar-refractivity contribution in [2.75, 3.05) is 0 Å². The quantitative estimate of drug-likeness (QED) is 0.372. The Bertz CT molecular complexity index is 1060. The number of ether oxygens (including phenoxy) is 2. The third-order valence-electron chi connectivity index (χ3n) is 4.09. The van der Waals surface area contributed by atoms with Gasteiger partial charge in [0.1, 0.15) is 23.8 Å². The zero-order valence-corrected chi connectivity index (χ0v) is 14.5. The molecule has 0 saturated carbocycles. The van der Waals surface area contributed by atoms with Crippen molar-refractivity contribution in [3.8, 4) is 11.5 Å². The minimum absolute atomic E-state index is 0.276. The van der Waals surface area contributed by atoms with E-state index in [2.05, 4.69) is 4.98 Å². The highest BCUT2D eigenvalue weighted by Crippen LogP contribution is 2.20. The van der Waals surface area contributed by atoms with Crippen molar-refractivity contribution >= 4 is 16.9 Å². The Labute approximate surface area is 157 Å². The first-order chi connectivity index (χ1) is 13.3. The van der Waals surface area contributed by atoms with Gasteiger partial charge in [-0.3, -0.25) is 0 Å². The Morgan fingerprint density at radius 3 is 2.26 bits per heavy atom. The molecule has 4 rings (SSSR count). The van der Waals surface area contributed by atoms with Crippen LogP contribution in [0.25, 0.3) is 10.9 Å². The normalized spacial score (nSPS) is 10.5. The van der Waals surface area contributed by atoms with Crippen molar-refractivity contribution in [1.82, 2.24) is 4.98 Å². The fourth-order valence-electron chi connectivity index (χ4n) is 2.68. The molecular weight excluding hydrogens is 338 g/mol. The van der Waals surface area contributed by atoms with Gasteiger partial charge in [-0.15, -0.1) is 0 Å². The molecule has 4 nitrogen and oxygen atoms in total. The first-order valence-electron chi connectivity index (χ1n) is 8.63. The summed E-state index contributed by atoms with van der Waals surface area (Å²) in [7, 11) is 0. The average molecular weight is 355 g/mol. The number of nitrogens with zero attached hydrogens (tertiary/aromatic N) is 1. The highest BCUT2D eigenvalue weighted by atomic mass is 16.5. The van der Waals surface area contributed by atoms with E-state index in [0.29, 0.717) is 18.1 Å². The average Bonchev–Trinajstić information content (AvgIpc) is 2.73. The molecule has 27 heavy (non-hydrogen) atoms. The zero-order chi connectivity index (χ0) is 18.5. The number of pyridine rings is 1. The maximum absolute atomic E-state index is 12.3. The predicted octanol–water partition coefficient (Wildman–Crippen LogP) is 5.03. The molecule has 0 N–H and O–H groups in total. The Hall–Kier alpha value is -3.66. The van der Waals surface area contributed by atoms with Crippen LogP contribution in [0.2, 0.25) is 0 Å². The first-order valence-corrected chi connectivity index (χ1v) is 8.63. The minimum atomic E-state index is -0.487. The van der Waals surface area contributed by atoms with Crippen LogP contribution in [0, 0.1) is 0 Å². The van der Waals surface area contributed by atoms with Crippen LogP contribution >= 0.6 is 0 Å². The molecule has 3 aromatic carbocycles. The third kappa shape index (κ3) is 4.12. The molecule has 1 heterocycles. The lowest BCUT2D eigenvalue weighted by Crippen LogP contribution is -2.10. The molecule has 0 radical (unpaired) electrons. The number of carbonyl (C=O) groups excluding carboxylic acids is 1. The maximum atomic E-state index is 12.3. The second-order valence-corrected chi connectivity index (χ2v) is 6.02. The molecular formula is C23H17NO3. The number of para-hydroxylation sites is 1. The molecule has 0 fully saturated rings. The van der Waals surface area contributed by atoms with Gasteiger partial charge in [-0.1, -0.05) is 54.6 Å². The lowest BCUT2D eigenvalue weighted by atomic mass is 10.2. The molecule has 1 aromatic heterocycles. The summed E-state index contributed by atoms with van der Waals surface area (Å²) in [5.41, 5.74) is 2.13.